The second kappa shape index (κ2) is 7.50. The van der Waals surface area contributed by atoms with Gasteiger partial charge in [-0.2, -0.15) is 0 Å². The van der Waals surface area contributed by atoms with Crippen LogP contribution in [-0.2, 0) is 11.3 Å². The third kappa shape index (κ3) is 4.11. The molecule has 6 heteroatoms. The van der Waals surface area contributed by atoms with Crippen LogP contribution in [0.5, 0.6) is 11.5 Å². The second-order valence-electron chi connectivity index (χ2n) is 4.51. The minimum atomic E-state index is 0.000842. The maximum Gasteiger partial charge on any atom is 0.233 e. The number of likely N-dealkylation sites (N-methyl/N-ethyl adjacent to an activating group) is 1. The van der Waals surface area contributed by atoms with Crippen molar-refractivity contribution in [3.05, 3.63) is 22.2 Å². The number of fused-ring (bicyclic) bond motifs is 1. The summed E-state index contributed by atoms with van der Waals surface area (Å²) < 4.78 is 12.2. The Balaban J connectivity index is 1.97. The molecule has 0 saturated heterocycles. The van der Waals surface area contributed by atoms with E-state index in [0.29, 0.717) is 32.8 Å². The lowest BCUT2D eigenvalue weighted by Crippen LogP contribution is -2.33. The molecule has 1 aromatic carbocycles. The van der Waals surface area contributed by atoms with Crippen LogP contribution in [0.25, 0.3) is 0 Å². The first-order valence-electron chi connectivity index (χ1n) is 6.76. The highest BCUT2D eigenvalue weighted by molar-refractivity contribution is 9.10. The van der Waals surface area contributed by atoms with Gasteiger partial charge in [0.1, 0.15) is 0 Å². The zero-order valence-corrected chi connectivity index (χ0v) is 13.1. The van der Waals surface area contributed by atoms with Crippen LogP contribution in [0, 0.1) is 0 Å². The van der Waals surface area contributed by atoms with Crippen LogP contribution in [0.2, 0.25) is 0 Å². The zero-order valence-electron chi connectivity index (χ0n) is 11.5. The standard InChI is InChI=1S/C14H19BrN2O3/c1-2-17-13(18)9-16-8-10-6-11(15)14-12(7-10)19-4-3-5-20-14/h6-7,16H,2-5,8-9H2,1H3,(H,17,18). The number of carbonyl (C=O) groups is 1. The first-order chi connectivity index (χ1) is 9.70. The van der Waals surface area contributed by atoms with E-state index in [1.54, 1.807) is 0 Å². The fraction of sp³-hybridized carbons (Fsp3) is 0.500. The molecule has 0 fully saturated rings. The summed E-state index contributed by atoms with van der Waals surface area (Å²) in [6.45, 7) is 4.79. The summed E-state index contributed by atoms with van der Waals surface area (Å²) in [5, 5.41) is 5.85. The Hall–Kier alpha value is -1.27. The van der Waals surface area contributed by atoms with E-state index in [1.807, 2.05) is 19.1 Å². The van der Waals surface area contributed by atoms with Crippen molar-refractivity contribution in [2.75, 3.05) is 26.3 Å². The maximum atomic E-state index is 11.4. The van der Waals surface area contributed by atoms with Crippen LogP contribution in [0.1, 0.15) is 18.9 Å². The van der Waals surface area contributed by atoms with Crippen LogP contribution >= 0.6 is 15.9 Å². The molecule has 0 unspecified atom stereocenters. The van der Waals surface area contributed by atoms with E-state index in [-0.39, 0.29) is 5.91 Å². The minimum Gasteiger partial charge on any atom is -0.490 e. The summed E-state index contributed by atoms with van der Waals surface area (Å²) in [6.07, 6.45) is 0.881. The Bertz CT molecular complexity index is 480. The van der Waals surface area contributed by atoms with Crippen LogP contribution < -0.4 is 20.1 Å². The molecule has 1 amide bonds. The molecule has 1 aliphatic rings. The Morgan fingerprint density at radius 2 is 2.15 bits per heavy atom. The number of ether oxygens (including phenoxy) is 2. The molecule has 20 heavy (non-hydrogen) atoms. The summed E-state index contributed by atoms with van der Waals surface area (Å²) in [4.78, 5) is 11.4. The lowest BCUT2D eigenvalue weighted by atomic mass is 10.2. The number of halogens is 1. The molecule has 0 saturated carbocycles. The number of rotatable bonds is 5. The number of hydrogen-bond acceptors (Lipinski definition) is 4. The summed E-state index contributed by atoms with van der Waals surface area (Å²) in [5.41, 5.74) is 1.05. The van der Waals surface area contributed by atoms with Gasteiger partial charge in [-0.15, -0.1) is 0 Å². The molecule has 110 valence electrons. The maximum absolute atomic E-state index is 11.4. The highest BCUT2D eigenvalue weighted by Crippen LogP contribution is 2.38. The summed E-state index contributed by atoms with van der Waals surface area (Å²) >= 11 is 3.50. The van der Waals surface area contributed by atoms with Crippen LogP contribution in [0.3, 0.4) is 0 Å². The third-order valence-corrected chi connectivity index (χ3v) is 3.44. The van der Waals surface area contributed by atoms with Gasteiger partial charge in [-0.05, 0) is 40.5 Å². The van der Waals surface area contributed by atoms with Crippen molar-refractivity contribution in [3.63, 3.8) is 0 Å². The zero-order chi connectivity index (χ0) is 14.4. The summed E-state index contributed by atoms with van der Waals surface area (Å²) in [5.74, 6) is 1.52. The third-order valence-electron chi connectivity index (χ3n) is 2.85. The monoisotopic (exact) mass is 342 g/mol. The van der Waals surface area contributed by atoms with Crippen molar-refractivity contribution in [2.24, 2.45) is 0 Å². The first kappa shape index (κ1) is 15.1. The molecule has 0 aromatic heterocycles. The normalized spacial score (nSPS) is 13.7. The lowest BCUT2D eigenvalue weighted by molar-refractivity contribution is -0.120. The molecule has 2 rings (SSSR count). The van der Waals surface area contributed by atoms with E-state index in [2.05, 4.69) is 26.6 Å². The molecule has 1 aliphatic heterocycles. The fourth-order valence-corrected chi connectivity index (χ4v) is 2.57. The average molecular weight is 343 g/mol. The average Bonchev–Trinajstić information content (AvgIpc) is 2.64. The van der Waals surface area contributed by atoms with Crippen molar-refractivity contribution >= 4 is 21.8 Å². The summed E-state index contributed by atoms with van der Waals surface area (Å²) in [6, 6.07) is 3.94. The van der Waals surface area contributed by atoms with Gasteiger partial charge >= 0.3 is 0 Å². The number of amides is 1. The molecule has 0 spiro atoms. The predicted octanol–water partition coefficient (Wildman–Crippen LogP) is 1.84. The molecule has 0 bridgehead atoms. The lowest BCUT2D eigenvalue weighted by Gasteiger charge is -2.12. The molecule has 0 radical (unpaired) electrons. The molecule has 1 aromatic rings. The molecular formula is C14H19BrN2O3. The Morgan fingerprint density at radius 3 is 2.95 bits per heavy atom. The van der Waals surface area contributed by atoms with Gasteiger partial charge in [0.2, 0.25) is 5.91 Å². The fourth-order valence-electron chi connectivity index (χ4n) is 1.97. The number of benzene rings is 1. The smallest absolute Gasteiger partial charge is 0.233 e. The topological polar surface area (TPSA) is 59.6 Å². The van der Waals surface area contributed by atoms with E-state index in [9.17, 15) is 4.79 Å². The Morgan fingerprint density at radius 1 is 1.35 bits per heavy atom. The second-order valence-corrected chi connectivity index (χ2v) is 5.37. The van der Waals surface area contributed by atoms with E-state index in [4.69, 9.17) is 9.47 Å². The van der Waals surface area contributed by atoms with E-state index < -0.39 is 0 Å². The van der Waals surface area contributed by atoms with Gasteiger partial charge in [-0.25, -0.2) is 0 Å². The first-order valence-corrected chi connectivity index (χ1v) is 7.55. The summed E-state index contributed by atoms with van der Waals surface area (Å²) in [7, 11) is 0. The van der Waals surface area contributed by atoms with E-state index in [1.165, 1.54) is 0 Å². The molecule has 0 aliphatic carbocycles. The van der Waals surface area contributed by atoms with Gasteiger partial charge in [-0.1, -0.05) is 0 Å². The number of hydrogen-bond donors (Lipinski definition) is 2. The van der Waals surface area contributed by atoms with Gasteiger partial charge in [0, 0.05) is 19.5 Å². The van der Waals surface area contributed by atoms with Gasteiger partial charge in [0.05, 0.1) is 24.2 Å². The predicted molar refractivity (Wildman–Crippen MR) is 80.1 cm³/mol. The van der Waals surface area contributed by atoms with Crippen molar-refractivity contribution in [2.45, 2.75) is 19.9 Å². The Labute approximate surface area is 127 Å². The van der Waals surface area contributed by atoms with Crippen molar-refractivity contribution in [1.29, 1.82) is 0 Å². The molecule has 1 heterocycles. The van der Waals surface area contributed by atoms with Crippen LogP contribution in [-0.4, -0.2) is 32.2 Å². The van der Waals surface area contributed by atoms with Crippen molar-refractivity contribution in [1.82, 2.24) is 10.6 Å². The number of carbonyl (C=O) groups excluding carboxylic acids is 1. The number of nitrogens with one attached hydrogen (secondary N) is 2. The molecular weight excluding hydrogens is 324 g/mol. The van der Waals surface area contributed by atoms with Gasteiger partial charge in [-0.3, -0.25) is 4.79 Å². The van der Waals surface area contributed by atoms with Gasteiger partial charge in [0.15, 0.2) is 11.5 Å². The largest absolute Gasteiger partial charge is 0.490 e. The molecule has 0 atom stereocenters. The van der Waals surface area contributed by atoms with Crippen LogP contribution in [0.4, 0.5) is 0 Å². The molecule has 2 N–H and O–H groups in total. The molecule has 5 nitrogen and oxygen atoms in total. The Kier molecular flexibility index (Phi) is 5.67. The minimum absolute atomic E-state index is 0.000842. The van der Waals surface area contributed by atoms with Gasteiger partial charge in [0.25, 0.3) is 0 Å². The quantitative estimate of drug-likeness (QED) is 0.857. The highest BCUT2D eigenvalue weighted by Gasteiger charge is 2.15. The SMILES string of the molecule is CCNC(=O)CNCc1cc(Br)c2c(c1)OCCCO2. The van der Waals surface area contributed by atoms with E-state index >= 15 is 0 Å². The van der Waals surface area contributed by atoms with Crippen molar-refractivity contribution in [3.8, 4) is 11.5 Å². The van der Waals surface area contributed by atoms with E-state index in [0.717, 1.165) is 28.0 Å². The highest BCUT2D eigenvalue weighted by atomic mass is 79.9. The van der Waals surface area contributed by atoms with Crippen molar-refractivity contribution < 1.29 is 14.3 Å². The van der Waals surface area contributed by atoms with Gasteiger partial charge < -0.3 is 20.1 Å². The van der Waals surface area contributed by atoms with Crippen LogP contribution in [0.15, 0.2) is 16.6 Å².